The van der Waals surface area contributed by atoms with Crippen LogP contribution in [0.3, 0.4) is 0 Å². The van der Waals surface area contributed by atoms with E-state index in [9.17, 15) is 4.79 Å². The first kappa shape index (κ1) is 18.2. The number of pyridine rings is 1. The van der Waals surface area contributed by atoms with Crippen molar-refractivity contribution in [1.29, 1.82) is 5.26 Å². The molecule has 0 radical (unpaired) electrons. The highest BCUT2D eigenvalue weighted by Gasteiger charge is 2.08. The number of nitrogens with one attached hydrogen (secondary N) is 2. The van der Waals surface area contributed by atoms with Gasteiger partial charge in [-0.25, -0.2) is 4.98 Å². The van der Waals surface area contributed by atoms with Crippen LogP contribution in [0.5, 0.6) is 0 Å². The predicted octanol–water partition coefficient (Wildman–Crippen LogP) is 5.07. The minimum absolute atomic E-state index is 0.205. The minimum atomic E-state index is -0.205. The van der Waals surface area contributed by atoms with E-state index in [0.717, 1.165) is 11.4 Å². The molecule has 27 heavy (non-hydrogen) atoms. The van der Waals surface area contributed by atoms with E-state index in [1.165, 1.54) is 5.56 Å². The number of rotatable bonds is 5. The summed E-state index contributed by atoms with van der Waals surface area (Å²) in [5, 5.41) is 15.0. The molecule has 1 amide bonds. The summed E-state index contributed by atoms with van der Waals surface area (Å²) in [5.74, 6) is 0.777. The van der Waals surface area contributed by atoms with Gasteiger partial charge in [-0.1, -0.05) is 32.0 Å². The molecule has 0 aliphatic heterocycles. The van der Waals surface area contributed by atoms with Crippen LogP contribution < -0.4 is 10.6 Å². The fraction of sp³-hybridized carbons (Fsp3) is 0.136. The summed E-state index contributed by atoms with van der Waals surface area (Å²) in [5.41, 5.74) is 3.76. The van der Waals surface area contributed by atoms with Crippen LogP contribution in [0, 0.1) is 11.3 Å². The molecule has 5 nitrogen and oxygen atoms in total. The molecule has 3 aromatic rings. The van der Waals surface area contributed by atoms with Gasteiger partial charge in [0.1, 0.15) is 5.82 Å². The molecule has 134 valence electrons. The smallest absolute Gasteiger partial charge is 0.255 e. The zero-order valence-corrected chi connectivity index (χ0v) is 15.2. The van der Waals surface area contributed by atoms with Gasteiger partial charge in [-0.15, -0.1) is 0 Å². The molecular formula is C22H20N4O. The number of carbonyl (C=O) groups is 1. The lowest BCUT2D eigenvalue weighted by Crippen LogP contribution is -2.12. The lowest BCUT2D eigenvalue weighted by Gasteiger charge is -2.10. The summed E-state index contributed by atoms with van der Waals surface area (Å²) in [6.07, 6.45) is 1.58. The Balaban J connectivity index is 1.72. The Bertz CT molecular complexity index is 988. The van der Waals surface area contributed by atoms with Crippen LogP contribution in [-0.2, 0) is 0 Å². The minimum Gasteiger partial charge on any atom is -0.340 e. The summed E-state index contributed by atoms with van der Waals surface area (Å²) in [6, 6.07) is 20.4. The van der Waals surface area contributed by atoms with E-state index in [-0.39, 0.29) is 5.91 Å². The SMILES string of the molecule is CC(C)c1ccc(NC(=O)c2ccnc(Nc3cccc(C#N)c3)c2)cc1. The van der Waals surface area contributed by atoms with Crippen LogP contribution in [0.25, 0.3) is 0 Å². The molecule has 0 aliphatic rings. The average molecular weight is 356 g/mol. The van der Waals surface area contributed by atoms with Gasteiger partial charge in [-0.3, -0.25) is 4.79 Å². The van der Waals surface area contributed by atoms with Crippen molar-refractivity contribution in [3.05, 3.63) is 83.6 Å². The van der Waals surface area contributed by atoms with Crippen LogP contribution in [0.2, 0.25) is 0 Å². The lowest BCUT2D eigenvalue weighted by atomic mass is 10.0. The Morgan fingerprint density at radius 3 is 2.52 bits per heavy atom. The zero-order valence-electron chi connectivity index (χ0n) is 15.2. The molecule has 0 saturated carbocycles. The Kier molecular flexibility index (Phi) is 5.48. The van der Waals surface area contributed by atoms with Gasteiger partial charge in [-0.2, -0.15) is 5.26 Å². The molecule has 1 heterocycles. The number of carbonyl (C=O) groups excluding carboxylic acids is 1. The molecule has 0 unspecified atom stereocenters. The van der Waals surface area contributed by atoms with Crippen molar-refractivity contribution in [3.8, 4) is 6.07 Å². The van der Waals surface area contributed by atoms with E-state index in [1.807, 2.05) is 30.3 Å². The van der Waals surface area contributed by atoms with E-state index in [4.69, 9.17) is 5.26 Å². The number of hydrogen-bond donors (Lipinski definition) is 2. The van der Waals surface area contributed by atoms with Crippen LogP contribution in [0.1, 0.15) is 41.3 Å². The van der Waals surface area contributed by atoms with Gasteiger partial charge in [0, 0.05) is 23.1 Å². The number of aromatic nitrogens is 1. The van der Waals surface area contributed by atoms with Crippen LogP contribution in [0.4, 0.5) is 17.2 Å². The van der Waals surface area contributed by atoms with Crippen molar-refractivity contribution in [3.63, 3.8) is 0 Å². The summed E-state index contributed by atoms with van der Waals surface area (Å²) >= 11 is 0. The summed E-state index contributed by atoms with van der Waals surface area (Å²) in [7, 11) is 0. The number of benzene rings is 2. The fourth-order valence-electron chi connectivity index (χ4n) is 2.61. The number of amides is 1. The average Bonchev–Trinajstić information content (AvgIpc) is 2.68. The molecular weight excluding hydrogens is 336 g/mol. The second-order valence-electron chi connectivity index (χ2n) is 6.48. The molecule has 0 saturated heterocycles. The fourth-order valence-corrected chi connectivity index (χ4v) is 2.61. The van der Waals surface area contributed by atoms with E-state index < -0.39 is 0 Å². The molecule has 5 heteroatoms. The third-order valence-electron chi connectivity index (χ3n) is 4.12. The molecule has 3 rings (SSSR count). The van der Waals surface area contributed by atoms with Gasteiger partial charge in [0.25, 0.3) is 5.91 Å². The quantitative estimate of drug-likeness (QED) is 0.669. The molecule has 1 aromatic heterocycles. The molecule has 0 atom stereocenters. The van der Waals surface area contributed by atoms with Crippen molar-refractivity contribution in [1.82, 2.24) is 4.98 Å². The first-order chi connectivity index (χ1) is 13.0. The summed E-state index contributed by atoms with van der Waals surface area (Å²) in [6.45, 7) is 4.26. The number of nitriles is 1. The lowest BCUT2D eigenvalue weighted by molar-refractivity contribution is 0.102. The van der Waals surface area contributed by atoms with Crippen molar-refractivity contribution in [2.75, 3.05) is 10.6 Å². The van der Waals surface area contributed by atoms with Gasteiger partial charge < -0.3 is 10.6 Å². The Morgan fingerprint density at radius 2 is 1.81 bits per heavy atom. The molecule has 0 fully saturated rings. The third kappa shape index (κ3) is 4.71. The number of hydrogen-bond acceptors (Lipinski definition) is 4. The highest BCUT2D eigenvalue weighted by Crippen LogP contribution is 2.19. The maximum Gasteiger partial charge on any atom is 0.255 e. The number of anilines is 3. The predicted molar refractivity (Wildman–Crippen MR) is 107 cm³/mol. The molecule has 2 aromatic carbocycles. The monoisotopic (exact) mass is 356 g/mol. The maximum atomic E-state index is 12.5. The van der Waals surface area contributed by atoms with Crippen LogP contribution in [-0.4, -0.2) is 10.9 Å². The zero-order chi connectivity index (χ0) is 19.2. The second-order valence-corrected chi connectivity index (χ2v) is 6.48. The Labute approximate surface area is 158 Å². The van der Waals surface area contributed by atoms with Gasteiger partial charge in [0.15, 0.2) is 0 Å². The largest absolute Gasteiger partial charge is 0.340 e. The Morgan fingerprint density at radius 1 is 1.04 bits per heavy atom. The van der Waals surface area contributed by atoms with Crippen LogP contribution >= 0.6 is 0 Å². The first-order valence-corrected chi connectivity index (χ1v) is 8.70. The van der Waals surface area contributed by atoms with E-state index >= 15 is 0 Å². The van der Waals surface area contributed by atoms with Gasteiger partial charge in [-0.05, 0) is 53.9 Å². The third-order valence-corrected chi connectivity index (χ3v) is 4.12. The van der Waals surface area contributed by atoms with E-state index in [0.29, 0.717) is 22.9 Å². The van der Waals surface area contributed by atoms with Crippen LogP contribution in [0.15, 0.2) is 66.9 Å². The molecule has 2 N–H and O–H groups in total. The van der Waals surface area contributed by atoms with E-state index in [2.05, 4.69) is 35.5 Å². The van der Waals surface area contributed by atoms with Gasteiger partial charge >= 0.3 is 0 Å². The van der Waals surface area contributed by atoms with Crippen molar-refractivity contribution in [2.24, 2.45) is 0 Å². The topological polar surface area (TPSA) is 77.8 Å². The van der Waals surface area contributed by atoms with Crippen molar-refractivity contribution >= 4 is 23.1 Å². The second kappa shape index (κ2) is 8.15. The highest BCUT2D eigenvalue weighted by atomic mass is 16.1. The normalized spacial score (nSPS) is 10.3. The Hall–Kier alpha value is -3.65. The standard InChI is InChI=1S/C22H20N4O/c1-15(2)17-6-8-19(9-7-17)26-22(27)18-10-11-24-21(13-18)25-20-5-3-4-16(12-20)14-23/h3-13,15H,1-2H3,(H,24,25)(H,26,27). The van der Waals surface area contributed by atoms with Gasteiger partial charge in [0.2, 0.25) is 0 Å². The molecule has 0 aliphatic carbocycles. The van der Waals surface area contributed by atoms with Gasteiger partial charge in [0.05, 0.1) is 11.6 Å². The summed E-state index contributed by atoms with van der Waals surface area (Å²) in [4.78, 5) is 16.8. The first-order valence-electron chi connectivity index (χ1n) is 8.70. The van der Waals surface area contributed by atoms with Crippen molar-refractivity contribution in [2.45, 2.75) is 19.8 Å². The number of nitrogens with zero attached hydrogens (tertiary/aromatic N) is 2. The van der Waals surface area contributed by atoms with Crippen molar-refractivity contribution < 1.29 is 4.79 Å². The molecule has 0 bridgehead atoms. The summed E-state index contributed by atoms with van der Waals surface area (Å²) < 4.78 is 0. The molecule has 0 spiro atoms. The van der Waals surface area contributed by atoms with E-state index in [1.54, 1.807) is 36.5 Å². The maximum absolute atomic E-state index is 12.5. The highest BCUT2D eigenvalue weighted by molar-refractivity contribution is 6.04.